The quantitative estimate of drug-likeness (QED) is 0.0199. The summed E-state index contributed by atoms with van der Waals surface area (Å²) in [5.41, 5.74) is 0. The molecule has 404 valence electrons. The van der Waals surface area contributed by atoms with Crippen LogP contribution in [0.5, 0.6) is 0 Å². The van der Waals surface area contributed by atoms with Crippen molar-refractivity contribution in [2.45, 2.75) is 271 Å². The van der Waals surface area contributed by atoms with Crippen LogP contribution >= 0.6 is 0 Å². The predicted octanol–water partition coefficient (Wildman–Crippen LogP) is 19.9. The van der Waals surface area contributed by atoms with Crippen molar-refractivity contribution < 1.29 is 28.6 Å². The smallest absolute Gasteiger partial charge is 0.306 e. The summed E-state index contributed by atoms with van der Waals surface area (Å²) in [6, 6.07) is 0. The lowest BCUT2D eigenvalue weighted by atomic mass is 10.1. The lowest BCUT2D eigenvalue weighted by molar-refractivity contribution is -0.167. The maximum Gasteiger partial charge on any atom is 0.306 e. The fourth-order valence-electron chi connectivity index (χ4n) is 7.93. The van der Waals surface area contributed by atoms with E-state index in [0.717, 1.165) is 116 Å². The Morgan fingerprint density at radius 2 is 0.606 bits per heavy atom. The number of hydrogen-bond acceptors (Lipinski definition) is 6. The minimum atomic E-state index is -0.807. The van der Waals surface area contributed by atoms with Gasteiger partial charge in [-0.2, -0.15) is 0 Å². The maximum absolute atomic E-state index is 12.9. The van der Waals surface area contributed by atoms with Gasteiger partial charge in [0.05, 0.1) is 0 Å². The molecule has 71 heavy (non-hydrogen) atoms. The van der Waals surface area contributed by atoms with Gasteiger partial charge in [-0.25, -0.2) is 0 Å². The van der Waals surface area contributed by atoms with Gasteiger partial charge in [0.15, 0.2) is 6.10 Å². The first kappa shape index (κ1) is 67.1. The molecule has 6 nitrogen and oxygen atoms in total. The third-order valence-electron chi connectivity index (χ3n) is 12.4. The molecule has 0 aliphatic heterocycles. The second kappa shape index (κ2) is 58.6. The van der Waals surface area contributed by atoms with Crippen molar-refractivity contribution in [1.82, 2.24) is 0 Å². The second-order valence-corrected chi connectivity index (χ2v) is 19.3. The van der Waals surface area contributed by atoms with E-state index in [1.54, 1.807) is 0 Å². The van der Waals surface area contributed by atoms with Crippen LogP contribution in [0.4, 0.5) is 0 Å². The Labute approximate surface area is 438 Å². The van der Waals surface area contributed by atoms with Gasteiger partial charge in [-0.05, 0) is 103 Å². The standard InChI is InChI=1S/C65H108O6/c1-4-7-10-13-16-19-22-25-28-31-33-35-37-40-43-46-49-52-55-58-64(67)70-61-62(60-69-63(66)57-54-51-48-45-42-39-36-30-27-24-21-18-15-12-9-6-3)71-65(68)59-56-53-50-47-44-41-38-34-32-29-26-23-20-17-14-11-8-5-2/h7,10,16-17,19-20,23,25-26,28-30,32,34,36,38-39,42,62H,4-6,8-9,11-15,18,21-22,24,27,31,33,35,37,40-41,43-61H2,1-3H3/b10-7-,19-16-,20-17-,26-23-,28-25-,32-29-,36-30-,38-34-,42-39-. The van der Waals surface area contributed by atoms with Crippen LogP contribution in [0.3, 0.4) is 0 Å². The van der Waals surface area contributed by atoms with E-state index < -0.39 is 6.10 Å². The topological polar surface area (TPSA) is 78.9 Å². The molecule has 0 aromatic rings. The highest BCUT2D eigenvalue weighted by Crippen LogP contribution is 2.14. The van der Waals surface area contributed by atoms with Gasteiger partial charge in [-0.1, -0.05) is 252 Å². The first-order valence-electron chi connectivity index (χ1n) is 29.5. The number of ether oxygens (including phenoxy) is 3. The summed E-state index contributed by atoms with van der Waals surface area (Å²) in [7, 11) is 0. The van der Waals surface area contributed by atoms with Crippen LogP contribution in [0, 0.1) is 0 Å². The van der Waals surface area contributed by atoms with Crippen molar-refractivity contribution in [3.05, 3.63) is 109 Å². The van der Waals surface area contributed by atoms with Crippen molar-refractivity contribution in [3.8, 4) is 0 Å². The van der Waals surface area contributed by atoms with Crippen molar-refractivity contribution in [2.24, 2.45) is 0 Å². The van der Waals surface area contributed by atoms with E-state index in [2.05, 4.69) is 130 Å². The van der Waals surface area contributed by atoms with Crippen molar-refractivity contribution >= 4 is 17.9 Å². The van der Waals surface area contributed by atoms with E-state index >= 15 is 0 Å². The maximum atomic E-state index is 12.9. The lowest BCUT2D eigenvalue weighted by Gasteiger charge is -2.18. The molecule has 0 aromatic heterocycles. The van der Waals surface area contributed by atoms with Gasteiger partial charge in [0, 0.05) is 19.3 Å². The van der Waals surface area contributed by atoms with Gasteiger partial charge in [-0.15, -0.1) is 0 Å². The van der Waals surface area contributed by atoms with Gasteiger partial charge >= 0.3 is 17.9 Å². The summed E-state index contributed by atoms with van der Waals surface area (Å²) in [5.74, 6) is -0.953. The number of allylic oxidation sites excluding steroid dienone is 18. The lowest BCUT2D eigenvalue weighted by Crippen LogP contribution is -2.30. The molecule has 0 saturated carbocycles. The number of rotatable bonds is 52. The van der Waals surface area contributed by atoms with Crippen LogP contribution in [0.2, 0.25) is 0 Å². The third-order valence-corrected chi connectivity index (χ3v) is 12.4. The SMILES string of the molecule is CC/C=C\C/C=C\C/C=C\CCCCCCCCCCCC(=O)OCC(COC(=O)CCCCC/C=C\C=C/CCCCCCCCC)OC(=O)CCCCCCC\C=C/C=C\C=C/C=C\CCCCC. The highest BCUT2D eigenvalue weighted by molar-refractivity contribution is 5.71. The molecule has 0 amide bonds. The molecule has 0 spiro atoms. The molecule has 0 N–H and O–H groups in total. The molecule has 1 atom stereocenters. The third kappa shape index (κ3) is 56.9. The molecule has 0 bridgehead atoms. The Kier molecular flexibility index (Phi) is 55.4. The Bertz CT molecular complexity index is 1460. The van der Waals surface area contributed by atoms with E-state index in [0.29, 0.717) is 19.3 Å². The fraction of sp³-hybridized carbons (Fsp3) is 0.677. The minimum absolute atomic E-state index is 0.101. The average molecular weight is 986 g/mol. The van der Waals surface area contributed by atoms with E-state index in [4.69, 9.17) is 14.2 Å². The summed E-state index contributed by atoms with van der Waals surface area (Å²) in [5, 5.41) is 0. The molecular formula is C65H108O6. The molecule has 0 aliphatic carbocycles. The average Bonchev–Trinajstić information content (AvgIpc) is 3.37. The number of unbranched alkanes of at least 4 members (excludes halogenated alkanes) is 27. The number of esters is 3. The van der Waals surface area contributed by atoms with Crippen LogP contribution in [0.25, 0.3) is 0 Å². The Balaban J connectivity index is 4.49. The first-order chi connectivity index (χ1) is 35.0. The normalized spacial score (nSPS) is 12.9. The Hall–Kier alpha value is -3.93. The van der Waals surface area contributed by atoms with Gasteiger partial charge < -0.3 is 14.2 Å². The van der Waals surface area contributed by atoms with Crippen molar-refractivity contribution in [1.29, 1.82) is 0 Å². The molecule has 6 heteroatoms. The highest BCUT2D eigenvalue weighted by Gasteiger charge is 2.19. The monoisotopic (exact) mass is 985 g/mol. The van der Waals surface area contributed by atoms with Crippen LogP contribution in [0.1, 0.15) is 265 Å². The zero-order valence-electron chi connectivity index (χ0n) is 46.2. The predicted molar refractivity (Wildman–Crippen MR) is 307 cm³/mol. The van der Waals surface area contributed by atoms with E-state index in [9.17, 15) is 14.4 Å². The zero-order chi connectivity index (χ0) is 51.4. The number of carbonyl (C=O) groups is 3. The van der Waals surface area contributed by atoms with Gasteiger partial charge in [-0.3, -0.25) is 14.4 Å². The molecule has 0 saturated heterocycles. The van der Waals surface area contributed by atoms with E-state index in [1.807, 2.05) is 0 Å². The summed E-state index contributed by atoms with van der Waals surface area (Å²) in [6.07, 6.45) is 79.3. The second-order valence-electron chi connectivity index (χ2n) is 19.3. The molecule has 0 aliphatic rings. The molecule has 0 heterocycles. The molecule has 1 unspecified atom stereocenters. The fourth-order valence-corrected chi connectivity index (χ4v) is 7.93. The van der Waals surface area contributed by atoms with Crippen LogP contribution in [0.15, 0.2) is 109 Å². The molecule has 0 rings (SSSR count). The van der Waals surface area contributed by atoms with Crippen molar-refractivity contribution in [2.75, 3.05) is 13.2 Å². The number of carbonyl (C=O) groups excluding carboxylic acids is 3. The number of hydrogen-bond donors (Lipinski definition) is 0. The summed E-state index contributed by atoms with van der Waals surface area (Å²) in [6.45, 7) is 6.45. The van der Waals surface area contributed by atoms with Crippen LogP contribution < -0.4 is 0 Å². The van der Waals surface area contributed by atoms with Gasteiger partial charge in [0.25, 0.3) is 0 Å². The zero-order valence-corrected chi connectivity index (χ0v) is 46.2. The van der Waals surface area contributed by atoms with Crippen LogP contribution in [-0.2, 0) is 28.6 Å². The van der Waals surface area contributed by atoms with Crippen LogP contribution in [-0.4, -0.2) is 37.2 Å². The molecular weight excluding hydrogens is 877 g/mol. The van der Waals surface area contributed by atoms with Crippen molar-refractivity contribution in [3.63, 3.8) is 0 Å². The summed E-state index contributed by atoms with van der Waals surface area (Å²) < 4.78 is 16.8. The largest absolute Gasteiger partial charge is 0.462 e. The van der Waals surface area contributed by atoms with E-state index in [-0.39, 0.29) is 31.1 Å². The summed E-state index contributed by atoms with van der Waals surface area (Å²) in [4.78, 5) is 38.2. The molecule has 0 aromatic carbocycles. The Morgan fingerprint density at radius 3 is 1.04 bits per heavy atom. The highest BCUT2D eigenvalue weighted by atomic mass is 16.6. The molecule has 0 fully saturated rings. The molecule has 0 radical (unpaired) electrons. The van der Waals surface area contributed by atoms with E-state index in [1.165, 1.54) is 109 Å². The first-order valence-corrected chi connectivity index (χ1v) is 29.5. The minimum Gasteiger partial charge on any atom is -0.462 e. The van der Waals surface area contributed by atoms with Gasteiger partial charge in [0.1, 0.15) is 13.2 Å². The summed E-state index contributed by atoms with van der Waals surface area (Å²) >= 11 is 0. The van der Waals surface area contributed by atoms with Gasteiger partial charge in [0.2, 0.25) is 0 Å². The Morgan fingerprint density at radius 1 is 0.310 bits per heavy atom.